The third kappa shape index (κ3) is 4.06. The fraction of sp³-hybridized carbons (Fsp3) is 0.476. The summed E-state index contributed by atoms with van der Waals surface area (Å²) in [4.78, 5) is 44.8. The van der Waals surface area contributed by atoms with E-state index in [4.69, 9.17) is 0 Å². The van der Waals surface area contributed by atoms with Crippen LogP contribution in [0, 0.1) is 5.41 Å². The highest BCUT2D eigenvalue weighted by Crippen LogP contribution is 2.39. The van der Waals surface area contributed by atoms with Crippen LogP contribution in [-0.2, 0) is 11.3 Å². The van der Waals surface area contributed by atoms with Crippen molar-refractivity contribution in [3.05, 3.63) is 47.5 Å². The summed E-state index contributed by atoms with van der Waals surface area (Å²) in [6.45, 7) is 3.90. The van der Waals surface area contributed by atoms with Crippen LogP contribution in [0.5, 0.6) is 0 Å². The zero-order chi connectivity index (χ0) is 20.4. The SMILES string of the molecule is CC(=O)c1cc(C(=O)N2CCC[C@]3(CCC(=O)N(Cc4cccnc4)C3)C2)[nH]n1. The number of piperidine rings is 2. The predicted molar refractivity (Wildman–Crippen MR) is 105 cm³/mol. The highest BCUT2D eigenvalue weighted by Gasteiger charge is 2.43. The molecule has 4 heterocycles. The van der Waals surface area contributed by atoms with Crippen LogP contribution in [0.2, 0.25) is 0 Å². The van der Waals surface area contributed by atoms with E-state index in [0.717, 1.165) is 24.8 Å². The van der Waals surface area contributed by atoms with E-state index >= 15 is 0 Å². The molecule has 4 rings (SSSR count). The van der Waals surface area contributed by atoms with E-state index in [-0.39, 0.29) is 28.7 Å². The van der Waals surface area contributed by atoms with Crippen molar-refractivity contribution in [2.75, 3.05) is 19.6 Å². The van der Waals surface area contributed by atoms with Gasteiger partial charge in [0, 0.05) is 57.3 Å². The second-order valence-electron chi connectivity index (χ2n) is 8.16. The maximum absolute atomic E-state index is 13.0. The fourth-order valence-corrected chi connectivity index (χ4v) is 4.45. The molecule has 0 unspecified atom stereocenters. The quantitative estimate of drug-likeness (QED) is 0.799. The van der Waals surface area contributed by atoms with Crippen LogP contribution in [0.4, 0.5) is 0 Å². The fourth-order valence-electron chi connectivity index (χ4n) is 4.45. The lowest BCUT2D eigenvalue weighted by Gasteiger charge is -2.48. The lowest BCUT2D eigenvalue weighted by Crippen LogP contribution is -2.54. The van der Waals surface area contributed by atoms with Crippen LogP contribution in [0.3, 0.4) is 0 Å². The Kier molecular flexibility index (Phi) is 5.17. The molecule has 1 atom stereocenters. The number of amides is 2. The van der Waals surface area contributed by atoms with Crippen molar-refractivity contribution in [3.8, 4) is 0 Å². The zero-order valence-electron chi connectivity index (χ0n) is 16.6. The van der Waals surface area contributed by atoms with Crippen molar-refractivity contribution in [1.29, 1.82) is 0 Å². The number of likely N-dealkylation sites (tertiary alicyclic amines) is 2. The zero-order valence-corrected chi connectivity index (χ0v) is 16.6. The van der Waals surface area contributed by atoms with Gasteiger partial charge >= 0.3 is 0 Å². The summed E-state index contributed by atoms with van der Waals surface area (Å²) < 4.78 is 0. The van der Waals surface area contributed by atoms with Gasteiger partial charge in [0.2, 0.25) is 5.91 Å². The molecular formula is C21H25N5O3. The number of aromatic nitrogens is 3. The maximum Gasteiger partial charge on any atom is 0.271 e. The van der Waals surface area contributed by atoms with Gasteiger partial charge in [-0.1, -0.05) is 6.07 Å². The topological polar surface area (TPSA) is 99.3 Å². The minimum Gasteiger partial charge on any atom is -0.338 e. The van der Waals surface area contributed by atoms with Gasteiger partial charge in [0.05, 0.1) is 0 Å². The molecule has 8 heteroatoms. The van der Waals surface area contributed by atoms with Gasteiger partial charge in [0.25, 0.3) is 5.91 Å². The summed E-state index contributed by atoms with van der Waals surface area (Å²) >= 11 is 0. The van der Waals surface area contributed by atoms with Crippen molar-refractivity contribution in [2.45, 2.75) is 39.2 Å². The van der Waals surface area contributed by atoms with E-state index in [1.165, 1.54) is 13.0 Å². The summed E-state index contributed by atoms with van der Waals surface area (Å²) in [6, 6.07) is 5.37. The average molecular weight is 395 g/mol. The third-order valence-electron chi connectivity index (χ3n) is 5.96. The molecule has 2 aliphatic heterocycles. The number of rotatable bonds is 4. The van der Waals surface area contributed by atoms with E-state index in [2.05, 4.69) is 15.2 Å². The summed E-state index contributed by atoms with van der Waals surface area (Å²) in [7, 11) is 0. The smallest absolute Gasteiger partial charge is 0.271 e. The molecule has 2 aromatic rings. The summed E-state index contributed by atoms with van der Waals surface area (Å²) in [5.74, 6) is -0.158. The number of pyridine rings is 1. The van der Waals surface area contributed by atoms with Crippen molar-refractivity contribution in [3.63, 3.8) is 0 Å². The molecule has 1 N–H and O–H groups in total. The Labute approximate surface area is 169 Å². The molecule has 2 aliphatic rings. The van der Waals surface area contributed by atoms with Gasteiger partial charge in [-0.25, -0.2) is 0 Å². The highest BCUT2D eigenvalue weighted by molar-refractivity contribution is 5.97. The summed E-state index contributed by atoms with van der Waals surface area (Å²) in [5, 5.41) is 6.61. The van der Waals surface area contributed by atoms with Crippen LogP contribution in [-0.4, -0.2) is 62.2 Å². The van der Waals surface area contributed by atoms with Gasteiger partial charge in [-0.2, -0.15) is 5.10 Å². The van der Waals surface area contributed by atoms with Crippen LogP contribution in [0.25, 0.3) is 0 Å². The molecule has 0 bridgehead atoms. The number of hydrogen-bond donors (Lipinski definition) is 1. The first-order chi connectivity index (χ1) is 14.0. The standard InChI is InChI=1S/C21H25N5O3/c1-15(27)17-10-18(24-23-17)20(29)25-9-3-6-21(13-25)7-5-19(28)26(14-21)12-16-4-2-8-22-11-16/h2,4,8,10-11H,3,5-7,9,12-14H2,1H3,(H,23,24)/t21-/m0/s1. The number of H-pyrrole nitrogens is 1. The van der Waals surface area contributed by atoms with Crippen molar-refractivity contribution in [1.82, 2.24) is 25.0 Å². The largest absolute Gasteiger partial charge is 0.338 e. The van der Waals surface area contributed by atoms with E-state index in [9.17, 15) is 14.4 Å². The molecule has 1 spiro atoms. The van der Waals surface area contributed by atoms with Crippen LogP contribution >= 0.6 is 0 Å². The molecule has 0 radical (unpaired) electrons. The number of carbonyl (C=O) groups is 3. The molecule has 152 valence electrons. The van der Waals surface area contributed by atoms with Crippen LogP contribution in [0.15, 0.2) is 30.6 Å². The van der Waals surface area contributed by atoms with Gasteiger partial charge in [0.1, 0.15) is 11.4 Å². The Balaban J connectivity index is 1.47. The molecule has 2 saturated heterocycles. The minimum atomic E-state index is -0.174. The molecule has 29 heavy (non-hydrogen) atoms. The second-order valence-corrected chi connectivity index (χ2v) is 8.16. The van der Waals surface area contributed by atoms with Crippen LogP contribution < -0.4 is 0 Å². The van der Waals surface area contributed by atoms with Gasteiger partial charge < -0.3 is 9.80 Å². The number of Topliss-reactive ketones (excluding diaryl/α,β-unsaturated/α-hetero) is 1. The molecular weight excluding hydrogens is 370 g/mol. The monoisotopic (exact) mass is 395 g/mol. The Morgan fingerprint density at radius 2 is 2.14 bits per heavy atom. The molecule has 2 aromatic heterocycles. The lowest BCUT2D eigenvalue weighted by atomic mass is 9.73. The number of aromatic amines is 1. The number of nitrogens with zero attached hydrogens (tertiary/aromatic N) is 4. The molecule has 0 aliphatic carbocycles. The van der Waals surface area contributed by atoms with E-state index < -0.39 is 0 Å². The third-order valence-corrected chi connectivity index (χ3v) is 5.96. The molecule has 8 nitrogen and oxygen atoms in total. The van der Waals surface area contributed by atoms with Crippen molar-refractivity contribution >= 4 is 17.6 Å². The van der Waals surface area contributed by atoms with Gasteiger partial charge in [0.15, 0.2) is 5.78 Å². The molecule has 2 amide bonds. The number of ketones is 1. The van der Waals surface area contributed by atoms with Crippen molar-refractivity contribution in [2.24, 2.45) is 5.41 Å². The molecule has 0 aromatic carbocycles. The average Bonchev–Trinajstić information content (AvgIpc) is 3.22. The van der Waals surface area contributed by atoms with E-state index in [0.29, 0.717) is 38.3 Å². The lowest BCUT2D eigenvalue weighted by molar-refractivity contribution is -0.139. The Bertz CT molecular complexity index is 925. The molecule has 0 saturated carbocycles. The first-order valence-electron chi connectivity index (χ1n) is 9.98. The first kappa shape index (κ1) is 19.3. The minimum absolute atomic E-state index is 0.0898. The summed E-state index contributed by atoms with van der Waals surface area (Å²) in [5.41, 5.74) is 1.53. The first-order valence-corrected chi connectivity index (χ1v) is 9.98. The Hall–Kier alpha value is -3.03. The highest BCUT2D eigenvalue weighted by atomic mass is 16.2. The number of carbonyl (C=O) groups excluding carboxylic acids is 3. The van der Waals surface area contributed by atoms with Gasteiger partial charge in [-0.05, 0) is 37.0 Å². The molecule has 2 fully saturated rings. The Morgan fingerprint density at radius 3 is 2.86 bits per heavy atom. The summed E-state index contributed by atoms with van der Waals surface area (Å²) in [6.07, 6.45) is 6.70. The second kappa shape index (κ2) is 7.77. The maximum atomic E-state index is 13.0. The van der Waals surface area contributed by atoms with Crippen molar-refractivity contribution < 1.29 is 14.4 Å². The number of hydrogen-bond acceptors (Lipinski definition) is 5. The van der Waals surface area contributed by atoms with E-state index in [1.807, 2.05) is 21.9 Å². The van der Waals surface area contributed by atoms with E-state index in [1.54, 1.807) is 12.4 Å². The normalized spacial score (nSPS) is 22.2. The Morgan fingerprint density at radius 1 is 1.28 bits per heavy atom. The van der Waals surface area contributed by atoms with Gasteiger partial charge in [-0.3, -0.25) is 24.5 Å². The van der Waals surface area contributed by atoms with Crippen LogP contribution in [0.1, 0.15) is 59.1 Å². The van der Waals surface area contributed by atoms with Gasteiger partial charge in [-0.15, -0.1) is 0 Å². The predicted octanol–water partition coefficient (Wildman–Crippen LogP) is 2.05. The number of nitrogens with one attached hydrogen (secondary N) is 1.